The Labute approximate surface area is 120 Å². The van der Waals surface area contributed by atoms with E-state index in [1.807, 2.05) is 16.7 Å². The molecule has 21 heavy (non-hydrogen) atoms. The van der Waals surface area contributed by atoms with Gasteiger partial charge in [-0.15, -0.1) is 0 Å². The van der Waals surface area contributed by atoms with Crippen LogP contribution in [0.2, 0.25) is 0 Å². The Morgan fingerprint density at radius 3 is 2.95 bits per heavy atom. The summed E-state index contributed by atoms with van der Waals surface area (Å²) < 4.78 is 12.5. The van der Waals surface area contributed by atoms with Crippen molar-refractivity contribution in [2.24, 2.45) is 0 Å². The van der Waals surface area contributed by atoms with Gasteiger partial charge in [-0.25, -0.2) is 9.78 Å². The molecule has 0 fully saturated rings. The molecule has 1 aromatic carbocycles. The van der Waals surface area contributed by atoms with Crippen LogP contribution in [-0.2, 0) is 17.9 Å². The highest BCUT2D eigenvalue weighted by molar-refractivity contribution is 5.92. The van der Waals surface area contributed by atoms with Gasteiger partial charge in [-0.3, -0.25) is 0 Å². The molecule has 0 amide bonds. The monoisotopic (exact) mass is 286 g/mol. The van der Waals surface area contributed by atoms with Crippen LogP contribution in [0.1, 0.15) is 21.9 Å². The predicted molar refractivity (Wildman–Crippen MR) is 75.2 cm³/mol. The van der Waals surface area contributed by atoms with E-state index in [2.05, 4.69) is 4.98 Å². The molecule has 0 saturated heterocycles. The highest BCUT2D eigenvalue weighted by Gasteiger charge is 2.14. The average molecular weight is 286 g/mol. The molecule has 2 heterocycles. The third-order valence-electron chi connectivity index (χ3n) is 3.24. The van der Waals surface area contributed by atoms with E-state index in [1.165, 1.54) is 0 Å². The Bertz CT molecular complexity index is 774. The summed E-state index contributed by atoms with van der Waals surface area (Å²) in [5.41, 5.74) is 1.70. The Balaban J connectivity index is 2.10. The number of carboxylic acid groups (broad SMARTS) is 1. The van der Waals surface area contributed by atoms with Gasteiger partial charge in [0.2, 0.25) is 0 Å². The van der Waals surface area contributed by atoms with Crippen molar-refractivity contribution in [3.63, 3.8) is 0 Å². The lowest BCUT2D eigenvalue weighted by Gasteiger charge is -2.06. The predicted octanol–water partition coefficient (Wildman–Crippen LogP) is 2.52. The highest BCUT2D eigenvalue weighted by Crippen LogP contribution is 2.20. The highest BCUT2D eigenvalue weighted by atomic mass is 16.5. The number of aromatic nitrogens is 2. The molecule has 3 aromatic rings. The lowest BCUT2D eigenvalue weighted by atomic mass is 10.2. The van der Waals surface area contributed by atoms with Crippen LogP contribution >= 0.6 is 0 Å². The lowest BCUT2D eigenvalue weighted by molar-refractivity contribution is 0.0697. The number of hydrogen-bond acceptors (Lipinski definition) is 4. The number of rotatable bonds is 5. The van der Waals surface area contributed by atoms with E-state index in [0.717, 1.165) is 17.1 Å². The molecular weight excluding hydrogens is 272 g/mol. The van der Waals surface area contributed by atoms with Gasteiger partial charge in [-0.05, 0) is 30.3 Å². The van der Waals surface area contributed by atoms with Gasteiger partial charge in [-0.1, -0.05) is 0 Å². The van der Waals surface area contributed by atoms with Gasteiger partial charge >= 0.3 is 5.97 Å². The third-order valence-corrected chi connectivity index (χ3v) is 3.24. The Kier molecular flexibility index (Phi) is 3.45. The van der Waals surface area contributed by atoms with Gasteiger partial charge in [0, 0.05) is 7.11 Å². The number of benzene rings is 1. The lowest BCUT2D eigenvalue weighted by Crippen LogP contribution is -2.05. The van der Waals surface area contributed by atoms with Crippen molar-refractivity contribution in [3.8, 4) is 0 Å². The molecule has 0 bridgehead atoms. The van der Waals surface area contributed by atoms with E-state index in [4.69, 9.17) is 14.3 Å². The van der Waals surface area contributed by atoms with Gasteiger partial charge in [0.15, 0.2) is 0 Å². The third kappa shape index (κ3) is 2.53. The number of hydrogen-bond donors (Lipinski definition) is 1. The zero-order valence-electron chi connectivity index (χ0n) is 11.4. The minimum atomic E-state index is -0.967. The number of ether oxygens (including phenoxy) is 1. The molecule has 6 nitrogen and oxygen atoms in total. The molecular formula is C15H14N2O4. The van der Waals surface area contributed by atoms with E-state index < -0.39 is 5.97 Å². The SMILES string of the molecule is COCc1nc2cc(C(=O)O)ccc2n1Cc1ccco1. The molecule has 0 radical (unpaired) electrons. The summed E-state index contributed by atoms with van der Waals surface area (Å²) in [6.45, 7) is 0.867. The van der Waals surface area contributed by atoms with E-state index in [0.29, 0.717) is 18.7 Å². The van der Waals surface area contributed by atoms with Crippen LogP contribution in [-0.4, -0.2) is 27.7 Å². The van der Waals surface area contributed by atoms with Crippen molar-refractivity contribution in [1.82, 2.24) is 9.55 Å². The van der Waals surface area contributed by atoms with Crippen LogP contribution in [0, 0.1) is 0 Å². The maximum atomic E-state index is 11.0. The van der Waals surface area contributed by atoms with E-state index >= 15 is 0 Å². The van der Waals surface area contributed by atoms with Crippen LogP contribution in [0.5, 0.6) is 0 Å². The van der Waals surface area contributed by atoms with Crippen molar-refractivity contribution in [1.29, 1.82) is 0 Å². The average Bonchev–Trinajstić information content (AvgIpc) is 3.08. The first kappa shape index (κ1) is 13.4. The zero-order valence-corrected chi connectivity index (χ0v) is 11.4. The number of nitrogens with zero attached hydrogens (tertiary/aromatic N) is 2. The maximum Gasteiger partial charge on any atom is 0.335 e. The van der Waals surface area contributed by atoms with E-state index in [1.54, 1.807) is 31.6 Å². The van der Waals surface area contributed by atoms with E-state index in [-0.39, 0.29) is 5.56 Å². The van der Waals surface area contributed by atoms with Crippen molar-refractivity contribution in [3.05, 3.63) is 53.7 Å². The molecule has 0 spiro atoms. The number of fused-ring (bicyclic) bond motifs is 1. The first-order valence-electron chi connectivity index (χ1n) is 6.43. The van der Waals surface area contributed by atoms with Crippen molar-refractivity contribution < 1.29 is 19.1 Å². The quantitative estimate of drug-likeness (QED) is 0.779. The summed E-state index contributed by atoms with van der Waals surface area (Å²) in [5, 5.41) is 9.06. The molecule has 108 valence electrons. The van der Waals surface area contributed by atoms with Gasteiger partial charge in [0.1, 0.15) is 18.2 Å². The summed E-state index contributed by atoms with van der Waals surface area (Å²) in [4.78, 5) is 15.5. The number of carbonyl (C=O) groups is 1. The van der Waals surface area contributed by atoms with E-state index in [9.17, 15) is 4.79 Å². The Hall–Kier alpha value is -2.60. The second kappa shape index (κ2) is 5.41. The fourth-order valence-corrected chi connectivity index (χ4v) is 2.29. The van der Waals surface area contributed by atoms with Crippen LogP contribution in [0.3, 0.4) is 0 Å². The van der Waals surface area contributed by atoms with Gasteiger partial charge < -0.3 is 18.8 Å². The standard InChI is InChI=1S/C15H14N2O4/c1-20-9-14-16-12-7-10(15(18)19)4-5-13(12)17(14)8-11-3-2-6-21-11/h2-7H,8-9H2,1H3,(H,18,19). The summed E-state index contributed by atoms with van der Waals surface area (Å²) in [6, 6.07) is 8.60. The minimum Gasteiger partial charge on any atom is -0.478 e. The molecule has 0 aliphatic heterocycles. The first-order valence-corrected chi connectivity index (χ1v) is 6.43. The molecule has 3 rings (SSSR count). The van der Waals surface area contributed by atoms with Gasteiger partial charge in [-0.2, -0.15) is 0 Å². The van der Waals surface area contributed by atoms with Crippen molar-refractivity contribution >= 4 is 17.0 Å². The summed E-state index contributed by atoms with van der Waals surface area (Å²) >= 11 is 0. The first-order chi connectivity index (χ1) is 10.2. The Morgan fingerprint density at radius 2 is 2.29 bits per heavy atom. The van der Waals surface area contributed by atoms with Gasteiger partial charge in [0.25, 0.3) is 0 Å². The topological polar surface area (TPSA) is 77.5 Å². The number of methoxy groups -OCH3 is 1. The summed E-state index contributed by atoms with van der Waals surface area (Å²) in [7, 11) is 1.60. The largest absolute Gasteiger partial charge is 0.478 e. The molecule has 0 aliphatic carbocycles. The van der Waals surface area contributed by atoms with Crippen LogP contribution < -0.4 is 0 Å². The van der Waals surface area contributed by atoms with Crippen LogP contribution in [0.15, 0.2) is 41.0 Å². The molecule has 2 aromatic heterocycles. The number of furan rings is 1. The fraction of sp³-hybridized carbons (Fsp3) is 0.200. The second-order valence-corrected chi connectivity index (χ2v) is 4.64. The maximum absolute atomic E-state index is 11.0. The summed E-state index contributed by atoms with van der Waals surface area (Å²) in [6.07, 6.45) is 1.62. The molecule has 0 atom stereocenters. The number of aromatic carboxylic acids is 1. The molecule has 1 N–H and O–H groups in total. The van der Waals surface area contributed by atoms with Crippen LogP contribution in [0.25, 0.3) is 11.0 Å². The smallest absolute Gasteiger partial charge is 0.335 e. The number of carboxylic acids is 1. The zero-order chi connectivity index (χ0) is 14.8. The van der Waals surface area contributed by atoms with Gasteiger partial charge in [0.05, 0.1) is 29.4 Å². The van der Waals surface area contributed by atoms with Crippen LogP contribution in [0.4, 0.5) is 0 Å². The molecule has 6 heteroatoms. The number of imidazole rings is 1. The normalized spacial score (nSPS) is 11.1. The second-order valence-electron chi connectivity index (χ2n) is 4.64. The molecule has 0 aliphatic rings. The Morgan fingerprint density at radius 1 is 1.43 bits per heavy atom. The van der Waals surface area contributed by atoms with Crippen molar-refractivity contribution in [2.75, 3.05) is 7.11 Å². The molecule has 0 saturated carbocycles. The fourth-order valence-electron chi connectivity index (χ4n) is 2.29. The summed E-state index contributed by atoms with van der Waals surface area (Å²) in [5.74, 6) is 0.561. The molecule has 0 unspecified atom stereocenters. The minimum absolute atomic E-state index is 0.217. The van der Waals surface area contributed by atoms with Crippen molar-refractivity contribution in [2.45, 2.75) is 13.2 Å².